The van der Waals surface area contributed by atoms with Crippen molar-refractivity contribution in [2.24, 2.45) is 17.3 Å². The number of β-lactam (4-membered cyclic amide) rings is 1. The van der Waals surface area contributed by atoms with Gasteiger partial charge in [0.1, 0.15) is 16.8 Å². The number of nitro groups is 1. The van der Waals surface area contributed by atoms with E-state index in [1.807, 2.05) is 13.8 Å². The molecular weight excluding hydrogens is 508 g/mol. The normalized spacial score (nSPS) is 30.8. The number of hydrogen-bond acceptors (Lipinski definition) is 8. The van der Waals surface area contributed by atoms with Crippen LogP contribution >= 0.6 is 23.5 Å². The van der Waals surface area contributed by atoms with Gasteiger partial charge in [-0.1, -0.05) is 39.8 Å². The van der Waals surface area contributed by atoms with Crippen molar-refractivity contribution >= 4 is 57.9 Å². The zero-order valence-corrected chi connectivity index (χ0v) is 24.6. The van der Waals surface area contributed by atoms with Crippen LogP contribution in [0.15, 0.2) is 24.3 Å². The van der Waals surface area contributed by atoms with E-state index in [-0.39, 0.29) is 29.3 Å². The molecule has 192 valence electrons. The van der Waals surface area contributed by atoms with E-state index in [2.05, 4.69) is 20.8 Å². The molecule has 3 unspecified atom stereocenters. The van der Waals surface area contributed by atoms with Crippen molar-refractivity contribution in [3.63, 3.8) is 0 Å². The van der Waals surface area contributed by atoms with Crippen molar-refractivity contribution in [1.29, 1.82) is 0 Å². The minimum atomic E-state index is -1.86. The second-order valence-electron chi connectivity index (χ2n) is 10.4. The monoisotopic (exact) mass is 540 g/mol. The zero-order valence-electron chi connectivity index (χ0n) is 20.9. The molecule has 1 aromatic rings. The fourth-order valence-electron chi connectivity index (χ4n) is 5.35. The second kappa shape index (κ2) is 9.20. The predicted molar refractivity (Wildman–Crippen MR) is 139 cm³/mol. The molecule has 0 radical (unpaired) electrons. The summed E-state index contributed by atoms with van der Waals surface area (Å²) < 4.78 is 4.63. The van der Waals surface area contributed by atoms with E-state index in [0.717, 1.165) is 11.8 Å². The van der Waals surface area contributed by atoms with Crippen LogP contribution < -0.4 is 0 Å². The topological polar surface area (TPSA) is 127 Å². The Labute approximate surface area is 216 Å². The van der Waals surface area contributed by atoms with Gasteiger partial charge in [-0.25, -0.2) is 4.79 Å². The number of carbonyl (C=O) groups excluding carboxylic acids is 2. The summed E-state index contributed by atoms with van der Waals surface area (Å²) in [5, 5.41) is 21.1. The number of aliphatic carboxylic acids is 1. The number of nitrogens with zero attached hydrogens (tertiary/aromatic N) is 2. The number of aldehydes is 1. The summed E-state index contributed by atoms with van der Waals surface area (Å²) in [4.78, 5) is 51.3. The maximum Gasteiger partial charge on any atom is 0.332 e. The van der Waals surface area contributed by atoms with Gasteiger partial charge in [0.15, 0.2) is 9.62 Å². The Kier molecular flexibility index (Phi) is 7.28. The van der Waals surface area contributed by atoms with Crippen LogP contribution in [0.3, 0.4) is 0 Å². The summed E-state index contributed by atoms with van der Waals surface area (Å²) in [7, 11) is 0.390. The molecule has 0 spiro atoms. The number of hydrogen-bond donors (Lipinski definition) is 1. The van der Waals surface area contributed by atoms with E-state index in [0.29, 0.717) is 22.3 Å². The Balaban J connectivity index is 2.12. The van der Waals surface area contributed by atoms with Gasteiger partial charge in [0.25, 0.3) is 5.69 Å². The predicted octanol–water partition coefficient (Wildman–Crippen LogP) is 2.49. The number of carbonyl (C=O) groups is 3. The summed E-state index contributed by atoms with van der Waals surface area (Å²) in [6.07, 6.45) is 2.15. The fraction of sp³-hybridized carbons (Fsp3) is 0.609. The maximum atomic E-state index is 13.8. The lowest BCUT2D eigenvalue weighted by Crippen LogP contribution is -2.76. The summed E-state index contributed by atoms with van der Waals surface area (Å²) in [5.41, 5.74) is -2.50. The quantitative estimate of drug-likeness (QED) is 0.165. The van der Waals surface area contributed by atoms with Crippen LogP contribution in [0.25, 0.3) is 0 Å². The van der Waals surface area contributed by atoms with Gasteiger partial charge < -0.3 is 19.2 Å². The van der Waals surface area contributed by atoms with Crippen molar-refractivity contribution in [2.75, 3.05) is 6.26 Å². The highest BCUT2D eigenvalue weighted by Crippen LogP contribution is 2.65. The second-order valence-corrected chi connectivity index (χ2v) is 13.5. The van der Waals surface area contributed by atoms with Gasteiger partial charge in [0.05, 0.1) is 21.8 Å². The van der Waals surface area contributed by atoms with Crippen LogP contribution in [-0.2, 0) is 25.2 Å². The summed E-state index contributed by atoms with van der Waals surface area (Å²) in [5.74, 6) is -2.27. The van der Waals surface area contributed by atoms with Crippen molar-refractivity contribution in [2.45, 2.75) is 61.6 Å². The van der Waals surface area contributed by atoms with Crippen LogP contribution in [0.1, 0.15) is 40.2 Å². The van der Waals surface area contributed by atoms with Crippen LogP contribution in [0.5, 0.6) is 0 Å². The average molecular weight is 541 g/mol. The molecule has 2 heterocycles. The van der Waals surface area contributed by atoms with Crippen molar-refractivity contribution in [3.8, 4) is 0 Å². The van der Waals surface area contributed by atoms with E-state index in [4.69, 9.17) is 4.43 Å². The highest BCUT2D eigenvalue weighted by Gasteiger charge is 2.78. The van der Waals surface area contributed by atoms with Crippen LogP contribution in [-0.4, -0.2) is 70.4 Å². The molecule has 2 aliphatic rings. The minimum absolute atomic E-state index is 0.0291. The molecule has 1 amide bonds. The van der Waals surface area contributed by atoms with Gasteiger partial charge in [-0.3, -0.25) is 14.9 Å². The molecule has 2 aliphatic heterocycles. The van der Waals surface area contributed by atoms with Crippen molar-refractivity contribution in [1.82, 2.24) is 4.90 Å². The number of fused-ring (bicyclic) bond motifs is 1. The number of non-ortho nitro benzene ring substituents is 1. The first-order valence-electron chi connectivity index (χ1n) is 11.2. The molecule has 6 atom stereocenters. The molecular formula is C23H32N2O7S2Si. The molecule has 9 nitrogen and oxygen atoms in total. The van der Waals surface area contributed by atoms with Crippen molar-refractivity contribution in [3.05, 3.63) is 39.9 Å². The van der Waals surface area contributed by atoms with Gasteiger partial charge in [0.2, 0.25) is 5.91 Å². The van der Waals surface area contributed by atoms with E-state index in [9.17, 15) is 29.6 Å². The summed E-state index contributed by atoms with van der Waals surface area (Å²) in [6, 6.07) is 5.55. The molecule has 12 heteroatoms. The molecule has 35 heavy (non-hydrogen) atoms. The van der Waals surface area contributed by atoms with Gasteiger partial charge in [-0.15, -0.1) is 23.5 Å². The number of carboxylic acids is 1. The lowest BCUT2D eigenvalue weighted by atomic mass is 9.64. The number of rotatable bonds is 9. The Bertz CT molecular complexity index is 1050. The number of benzene rings is 1. The van der Waals surface area contributed by atoms with Gasteiger partial charge in [0, 0.05) is 18.6 Å². The lowest BCUT2D eigenvalue weighted by molar-refractivity contribution is -0.384. The van der Waals surface area contributed by atoms with E-state index >= 15 is 0 Å². The van der Waals surface area contributed by atoms with Gasteiger partial charge in [-0.2, -0.15) is 0 Å². The largest absolute Gasteiger partial charge is 0.479 e. The smallest absolute Gasteiger partial charge is 0.332 e. The Hall–Kier alpha value is -1.89. The first kappa shape index (κ1) is 27.7. The molecule has 0 aromatic heterocycles. The Morgan fingerprint density at radius 3 is 2.34 bits per heavy atom. The summed E-state index contributed by atoms with van der Waals surface area (Å²) in [6.45, 7) is 10.2. The average Bonchev–Trinajstić information content (AvgIpc) is 3.05. The third-order valence-corrected chi connectivity index (χ3v) is 12.2. The third kappa shape index (κ3) is 3.93. The molecule has 3 rings (SSSR count). The van der Waals surface area contributed by atoms with Gasteiger partial charge >= 0.3 is 5.97 Å². The standard InChI is InChI=1S/C23H32N2O7S2Si/c1-13(20(2,3)4)21(5,32-35)16-17(27)24-18(16)34-23(12-26,33-6)22(24,19(28)29)11-14-7-9-15(10-8-14)25(30)31/h7-10,12-13,16,18H,11H2,1-6,35H3,(H,28,29)/t13?,16-,18+,21+,22?,23?/m0/s1. The Morgan fingerprint density at radius 2 is 1.94 bits per heavy atom. The molecule has 1 aromatic carbocycles. The van der Waals surface area contributed by atoms with Crippen LogP contribution in [0, 0.1) is 27.4 Å². The summed E-state index contributed by atoms with van der Waals surface area (Å²) >= 11 is 2.30. The SMILES string of the molecule is CSC1(C=O)S[C@@H]2[C@@H]([C@](C)(O[SiH3])C(C)C(C)(C)C)C(=O)N2C1(Cc1ccc([N+](=O)[O-])cc1)C(=O)O. The first-order chi connectivity index (χ1) is 16.2. The highest BCUT2D eigenvalue weighted by atomic mass is 32.2. The van der Waals surface area contributed by atoms with E-state index < -0.39 is 37.4 Å². The molecule has 0 aliphatic carbocycles. The number of amides is 1. The first-order valence-corrected chi connectivity index (χ1v) is 14.1. The van der Waals surface area contributed by atoms with Crippen LogP contribution in [0.4, 0.5) is 5.69 Å². The molecule has 1 N–H and O–H groups in total. The zero-order chi connectivity index (χ0) is 26.6. The van der Waals surface area contributed by atoms with E-state index in [1.54, 1.807) is 6.26 Å². The van der Waals surface area contributed by atoms with E-state index in [1.165, 1.54) is 40.9 Å². The highest BCUT2D eigenvalue weighted by molar-refractivity contribution is 8.19. The Morgan fingerprint density at radius 1 is 1.37 bits per heavy atom. The molecule has 0 bridgehead atoms. The maximum absolute atomic E-state index is 13.8. The van der Waals surface area contributed by atoms with Crippen LogP contribution in [0.2, 0.25) is 0 Å². The van der Waals surface area contributed by atoms with Crippen molar-refractivity contribution < 1.29 is 28.8 Å². The fourth-order valence-corrected chi connectivity index (χ4v) is 9.11. The molecule has 2 fully saturated rings. The molecule has 2 saturated heterocycles. The third-order valence-electron chi connectivity index (χ3n) is 7.96. The van der Waals surface area contributed by atoms with Gasteiger partial charge in [-0.05, 0) is 30.1 Å². The minimum Gasteiger partial charge on any atom is -0.479 e. The number of thioether (sulfide) groups is 2. The lowest BCUT2D eigenvalue weighted by Gasteiger charge is -2.57. The number of nitro benzene ring substituents is 1. The number of carboxylic acid groups (broad SMARTS) is 1. The molecule has 0 saturated carbocycles.